The van der Waals surface area contributed by atoms with E-state index in [0.717, 1.165) is 68.8 Å². The largest absolute Gasteiger partial charge is 0.365 e. The maximum atomic E-state index is 12.9. The standard InChI is InChI=1S/C27H37N5O2S/c1-20-25(32-14-5-4-8-26(32)29-20)19-30-13-6-7-22-17-23(9-10-24(22)30)27(33)28-18-21-11-15-31(16-12-21)35(2,3)34/h4-5,8-10,14,17,21,35H,6-7,11-13,15-16,18-19H2,1-3H3,(H,28,33). The summed E-state index contributed by atoms with van der Waals surface area (Å²) in [5.41, 5.74) is 6.45. The SMILES string of the molecule is Cc1nc2ccccn2c1CN1CCCc2cc(C(=O)NCC3CCN([SH](C)(C)=O)CC3)ccc21. The van der Waals surface area contributed by atoms with E-state index >= 15 is 0 Å². The highest BCUT2D eigenvalue weighted by Crippen LogP contribution is 2.30. The lowest BCUT2D eigenvalue weighted by Crippen LogP contribution is -2.43. The number of carbonyl (C=O) groups is 1. The van der Waals surface area contributed by atoms with Crippen molar-refractivity contribution in [1.82, 2.24) is 19.0 Å². The number of nitrogens with zero attached hydrogens (tertiary/aromatic N) is 4. The molecule has 0 unspecified atom stereocenters. The van der Waals surface area contributed by atoms with Gasteiger partial charge in [0.05, 0.1) is 17.9 Å². The molecule has 0 bridgehead atoms. The van der Waals surface area contributed by atoms with Crippen LogP contribution in [0.5, 0.6) is 0 Å². The molecule has 2 aromatic heterocycles. The van der Waals surface area contributed by atoms with Gasteiger partial charge < -0.3 is 14.6 Å². The Morgan fingerprint density at radius 1 is 1.14 bits per heavy atom. The molecule has 188 valence electrons. The van der Waals surface area contributed by atoms with Crippen molar-refractivity contribution in [3.63, 3.8) is 0 Å². The Balaban J connectivity index is 1.23. The van der Waals surface area contributed by atoms with Gasteiger partial charge in [0.1, 0.15) is 5.65 Å². The van der Waals surface area contributed by atoms with Crippen molar-refractivity contribution in [2.45, 2.75) is 39.2 Å². The van der Waals surface area contributed by atoms with Gasteiger partial charge in [-0.3, -0.25) is 9.00 Å². The Kier molecular flexibility index (Phi) is 6.68. The van der Waals surface area contributed by atoms with Crippen molar-refractivity contribution < 1.29 is 9.00 Å². The van der Waals surface area contributed by atoms with Crippen LogP contribution in [0.15, 0.2) is 42.6 Å². The number of thiol groups is 1. The predicted molar refractivity (Wildman–Crippen MR) is 144 cm³/mol. The van der Waals surface area contributed by atoms with Gasteiger partial charge in [-0.1, -0.05) is 16.2 Å². The molecule has 2 aliphatic rings. The number of fused-ring (bicyclic) bond motifs is 2. The first kappa shape index (κ1) is 24.0. The highest BCUT2D eigenvalue weighted by molar-refractivity contribution is 7.99. The maximum Gasteiger partial charge on any atom is 0.251 e. The summed E-state index contributed by atoms with van der Waals surface area (Å²) < 4.78 is 16.6. The normalized spacial score (nSPS) is 18.0. The fourth-order valence-electron chi connectivity index (χ4n) is 5.46. The lowest BCUT2D eigenvalue weighted by atomic mass is 9.97. The summed E-state index contributed by atoms with van der Waals surface area (Å²) >= 11 is 0. The molecule has 4 heterocycles. The molecule has 8 heteroatoms. The highest BCUT2D eigenvalue weighted by Gasteiger charge is 2.25. The first-order valence-electron chi connectivity index (χ1n) is 12.7. The summed E-state index contributed by atoms with van der Waals surface area (Å²) in [6.07, 6.45) is 9.78. The molecule has 1 fully saturated rings. The van der Waals surface area contributed by atoms with E-state index in [0.29, 0.717) is 12.5 Å². The molecule has 0 radical (unpaired) electrons. The van der Waals surface area contributed by atoms with Gasteiger partial charge >= 0.3 is 0 Å². The molecule has 0 aliphatic carbocycles. The summed E-state index contributed by atoms with van der Waals surface area (Å²) in [5, 5.41) is 3.15. The summed E-state index contributed by atoms with van der Waals surface area (Å²) in [7, 11) is -2.17. The zero-order valence-electron chi connectivity index (χ0n) is 21.0. The number of hydrogen-bond acceptors (Lipinski definition) is 4. The van der Waals surface area contributed by atoms with Crippen LogP contribution in [0, 0.1) is 12.8 Å². The molecule has 1 N–H and O–H groups in total. The number of benzene rings is 1. The highest BCUT2D eigenvalue weighted by atomic mass is 32.3. The Morgan fingerprint density at radius 2 is 1.94 bits per heavy atom. The number of carbonyl (C=O) groups excluding carboxylic acids is 1. The van der Waals surface area contributed by atoms with Gasteiger partial charge in [-0.15, -0.1) is 0 Å². The van der Waals surface area contributed by atoms with Crippen LogP contribution >= 0.6 is 0 Å². The van der Waals surface area contributed by atoms with Crippen LogP contribution in [-0.2, 0) is 23.1 Å². The van der Waals surface area contributed by atoms with Crippen molar-refractivity contribution in [1.29, 1.82) is 0 Å². The molecule has 0 saturated carbocycles. The van der Waals surface area contributed by atoms with E-state index < -0.39 is 10.1 Å². The number of aromatic nitrogens is 2. The summed E-state index contributed by atoms with van der Waals surface area (Å²) in [6, 6.07) is 12.3. The van der Waals surface area contributed by atoms with Crippen molar-refractivity contribution in [2.75, 3.05) is 43.6 Å². The molecule has 1 amide bonds. The van der Waals surface area contributed by atoms with Gasteiger partial charge in [0.25, 0.3) is 5.91 Å². The second-order valence-electron chi connectivity index (χ2n) is 10.3. The molecule has 2 aliphatic heterocycles. The third-order valence-corrected chi connectivity index (χ3v) is 9.31. The maximum absolute atomic E-state index is 12.9. The first-order valence-corrected chi connectivity index (χ1v) is 15.2. The number of hydrogen-bond donors (Lipinski definition) is 2. The summed E-state index contributed by atoms with van der Waals surface area (Å²) in [5.74, 6) is 0.449. The lowest BCUT2D eigenvalue weighted by Gasteiger charge is -2.37. The second kappa shape index (κ2) is 9.74. The number of imidazole rings is 1. The van der Waals surface area contributed by atoms with Crippen LogP contribution < -0.4 is 10.2 Å². The van der Waals surface area contributed by atoms with E-state index in [4.69, 9.17) is 4.98 Å². The average Bonchev–Trinajstić information content (AvgIpc) is 3.17. The van der Waals surface area contributed by atoms with E-state index in [1.165, 1.54) is 16.9 Å². The fourth-order valence-corrected chi connectivity index (χ4v) is 6.65. The van der Waals surface area contributed by atoms with Crippen LogP contribution in [0.3, 0.4) is 0 Å². The molecule has 0 spiro atoms. The Morgan fingerprint density at radius 3 is 2.71 bits per heavy atom. The molecule has 3 aromatic rings. The number of amides is 1. The summed E-state index contributed by atoms with van der Waals surface area (Å²) in [4.78, 5) is 20.1. The molecule has 7 nitrogen and oxygen atoms in total. The van der Waals surface area contributed by atoms with Crippen molar-refractivity contribution in [3.8, 4) is 0 Å². The van der Waals surface area contributed by atoms with Gasteiger partial charge in [-0.25, -0.2) is 9.29 Å². The molecular formula is C27H37N5O2S. The summed E-state index contributed by atoms with van der Waals surface area (Å²) in [6.45, 7) is 6.27. The molecule has 5 rings (SSSR count). The van der Waals surface area contributed by atoms with Gasteiger partial charge in [0.2, 0.25) is 0 Å². The van der Waals surface area contributed by atoms with E-state index in [-0.39, 0.29) is 5.91 Å². The van der Waals surface area contributed by atoms with Crippen LogP contribution in [0.2, 0.25) is 0 Å². The topological polar surface area (TPSA) is 70.0 Å². The molecule has 1 aromatic carbocycles. The fraction of sp³-hybridized carbons (Fsp3) is 0.481. The molecule has 35 heavy (non-hydrogen) atoms. The van der Waals surface area contributed by atoms with Crippen LogP contribution in [0.1, 0.15) is 46.6 Å². The molecule has 1 saturated heterocycles. The average molecular weight is 496 g/mol. The van der Waals surface area contributed by atoms with Gasteiger partial charge in [0.15, 0.2) is 0 Å². The zero-order chi connectivity index (χ0) is 24.6. The third kappa shape index (κ3) is 5.14. The van der Waals surface area contributed by atoms with Crippen LogP contribution in [0.25, 0.3) is 5.65 Å². The van der Waals surface area contributed by atoms with Gasteiger partial charge in [-0.2, -0.15) is 0 Å². The number of aryl methyl sites for hydroxylation is 2. The number of pyridine rings is 1. The second-order valence-corrected chi connectivity index (χ2v) is 13.5. The Bertz CT molecular complexity index is 1270. The van der Waals surface area contributed by atoms with E-state index in [2.05, 4.69) is 44.2 Å². The van der Waals surface area contributed by atoms with Crippen molar-refractivity contribution in [2.24, 2.45) is 5.92 Å². The minimum absolute atomic E-state index is 0.00152. The predicted octanol–water partition coefficient (Wildman–Crippen LogP) is 3.23. The zero-order valence-corrected chi connectivity index (χ0v) is 21.9. The minimum Gasteiger partial charge on any atom is -0.365 e. The minimum atomic E-state index is -2.17. The quantitative estimate of drug-likeness (QED) is 0.515. The van der Waals surface area contributed by atoms with E-state index in [9.17, 15) is 9.00 Å². The van der Waals surface area contributed by atoms with E-state index in [1.807, 2.05) is 36.8 Å². The number of nitrogens with one attached hydrogen (secondary N) is 1. The van der Waals surface area contributed by atoms with Gasteiger partial charge in [0, 0.05) is 56.1 Å². The van der Waals surface area contributed by atoms with E-state index in [1.54, 1.807) is 0 Å². The first-order chi connectivity index (χ1) is 16.8. The smallest absolute Gasteiger partial charge is 0.251 e. The van der Waals surface area contributed by atoms with Crippen LogP contribution in [0.4, 0.5) is 5.69 Å². The van der Waals surface area contributed by atoms with Crippen LogP contribution in [-0.4, -0.2) is 62.5 Å². The monoisotopic (exact) mass is 495 g/mol. The molecule has 0 atom stereocenters. The van der Waals surface area contributed by atoms with Crippen molar-refractivity contribution in [3.05, 3.63) is 65.1 Å². The lowest BCUT2D eigenvalue weighted by molar-refractivity contribution is 0.0941. The number of rotatable bonds is 6. The Hall–Kier alpha value is -2.71. The van der Waals surface area contributed by atoms with Gasteiger partial charge in [-0.05, 0) is 74.4 Å². The van der Waals surface area contributed by atoms with Crippen molar-refractivity contribution >= 4 is 27.4 Å². The number of anilines is 1. The number of piperidine rings is 1. The molecular weight excluding hydrogens is 458 g/mol. The Labute approximate surface area is 209 Å². The third-order valence-electron chi connectivity index (χ3n) is 7.55.